The predicted octanol–water partition coefficient (Wildman–Crippen LogP) is 3.65. The number of hydrogen-bond acceptors (Lipinski definition) is 3. The second-order valence-corrected chi connectivity index (χ2v) is 6.36. The third kappa shape index (κ3) is 3.67. The number of carboxylic acid groups (broad SMARTS) is 1. The monoisotopic (exact) mass is 301 g/mol. The number of carboxylic acids is 1. The van der Waals surface area contributed by atoms with E-state index in [9.17, 15) is 4.79 Å². The van der Waals surface area contributed by atoms with Crippen molar-refractivity contribution in [2.24, 2.45) is 10.9 Å². The Hall–Kier alpha value is -1.84. The number of aliphatic imine (C=N–C) groups is 1. The fourth-order valence-corrected chi connectivity index (χ4v) is 3.53. The number of ether oxygens (including phenoxy) is 1. The Balaban J connectivity index is 1.73. The fraction of sp³-hybridized carbons (Fsp3) is 0.556. The predicted molar refractivity (Wildman–Crippen MR) is 85.1 cm³/mol. The summed E-state index contributed by atoms with van der Waals surface area (Å²) in [6, 6.07) is 9.74. The Morgan fingerprint density at radius 1 is 1.18 bits per heavy atom. The molecule has 3 rings (SSSR count). The molecule has 118 valence electrons. The van der Waals surface area contributed by atoms with E-state index in [-0.39, 0.29) is 18.6 Å². The molecule has 0 bridgehead atoms. The molecule has 4 nitrogen and oxygen atoms in total. The van der Waals surface area contributed by atoms with Crippen LogP contribution in [-0.2, 0) is 9.53 Å². The molecule has 0 aromatic heterocycles. The maximum Gasteiger partial charge on any atom is 0.307 e. The third-order valence-electron chi connectivity index (χ3n) is 4.67. The molecule has 1 aromatic carbocycles. The smallest absolute Gasteiger partial charge is 0.307 e. The summed E-state index contributed by atoms with van der Waals surface area (Å²) >= 11 is 0. The topological polar surface area (TPSA) is 58.9 Å². The lowest BCUT2D eigenvalue weighted by Crippen LogP contribution is -2.28. The van der Waals surface area contributed by atoms with Gasteiger partial charge < -0.3 is 9.84 Å². The second-order valence-electron chi connectivity index (χ2n) is 6.36. The first-order valence-electron chi connectivity index (χ1n) is 8.24. The summed E-state index contributed by atoms with van der Waals surface area (Å²) in [6.07, 6.45) is 7.04. The van der Waals surface area contributed by atoms with Crippen LogP contribution in [0.5, 0.6) is 0 Å². The molecule has 0 saturated heterocycles. The van der Waals surface area contributed by atoms with Crippen LogP contribution in [0, 0.1) is 5.92 Å². The quantitative estimate of drug-likeness (QED) is 0.903. The van der Waals surface area contributed by atoms with E-state index >= 15 is 0 Å². The molecule has 0 unspecified atom stereocenters. The van der Waals surface area contributed by atoms with E-state index in [1.165, 1.54) is 32.1 Å². The molecule has 1 aromatic rings. The summed E-state index contributed by atoms with van der Waals surface area (Å²) < 4.78 is 5.88. The highest BCUT2D eigenvalue weighted by molar-refractivity contribution is 5.95. The van der Waals surface area contributed by atoms with E-state index in [4.69, 9.17) is 14.8 Å². The first-order valence-corrected chi connectivity index (χ1v) is 8.24. The standard InChI is InChI=1S/C18H23NO3/c20-17(21)12-16-15(11-13-7-3-1-4-8-13)19-18(22-16)14-9-5-2-6-10-14/h2,5-6,9-10,13,15-16H,1,3-4,7-8,11-12H2,(H,20,21)/t15-,16-/m0/s1. The van der Waals surface area contributed by atoms with Crippen LogP contribution < -0.4 is 0 Å². The highest BCUT2D eigenvalue weighted by Crippen LogP contribution is 2.32. The van der Waals surface area contributed by atoms with Crippen molar-refractivity contribution in [2.75, 3.05) is 0 Å². The molecule has 22 heavy (non-hydrogen) atoms. The maximum absolute atomic E-state index is 11.1. The van der Waals surface area contributed by atoms with Crippen LogP contribution in [-0.4, -0.2) is 29.1 Å². The summed E-state index contributed by atoms with van der Waals surface area (Å²) in [5.74, 6) is 0.452. The Bertz CT molecular complexity index is 535. The molecule has 1 fully saturated rings. The average Bonchev–Trinajstić information content (AvgIpc) is 2.91. The number of benzene rings is 1. The normalized spacial score (nSPS) is 25.5. The zero-order valence-electron chi connectivity index (χ0n) is 12.8. The SMILES string of the molecule is O=C(O)C[C@@H]1OC(c2ccccc2)=N[C@H]1CC1CCCCC1. The molecular formula is C18H23NO3. The number of aliphatic carboxylic acids is 1. The van der Waals surface area contributed by atoms with Crippen molar-refractivity contribution in [3.05, 3.63) is 35.9 Å². The van der Waals surface area contributed by atoms with Gasteiger partial charge in [-0.2, -0.15) is 0 Å². The fourth-order valence-electron chi connectivity index (χ4n) is 3.53. The molecule has 2 atom stereocenters. The molecule has 2 aliphatic rings. The van der Waals surface area contributed by atoms with Crippen molar-refractivity contribution in [3.8, 4) is 0 Å². The molecule has 0 amide bonds. The van der Waals surface area contributed by atoms with Gasteiger partial charge in [-0.1, -0.05) is 50.3 Å². The van der Waals surface area contributed by atoms with Crippen molar-refractivity contribution in [2.45, 2.75) is 57.1 Å². The van der Waals surface area contributed by atoms with Gasteiger partial charge >= 0.3 is 5.97 Å². The Morgan fingerprint density at radius 2 is 1.91 bits per heavy atom. The van der Waals surface area contributed by atoms with Crippen LogP contribution in [0.2, 0.25) is 0 Å². The molecule has 1 aliphatic heterocycles. The lowest BCUT2D eigenvalue weighted by Gasteiger charge is -2.25. The van der Waals surface area contributed by atoms with Crippen molar-refractivity contribution in [1.29, 1.82) is 0 Å². The van der Waals surface area contributed by atoms with Gasteiger partial charge in [-0.3, -0.25) is 4.79 Å². The van der Waals surface area contributed by atoms with Gasteiger partial charge in [0.15, 0.2) is 0 Å². The van der Waals surface area contributed by atoms with E-state index in [2.05, 4.69) is 0 Å². The maximum atomic E-state index is 11.1. The van der Waals surface area contributed by atoms with Crippen molar-refractivity contribution < 1.29 is 14.6 Å². The van der Waals surface area contributed by atoms with Crippen LogP contribution in [0.15, 0.2) is 35.3 Å². The largest absolute Gasteiger partial charge is 0.481 e. The van der Waals surface area contributed by atoms with Gasteiger partial charge in [0.2, 0.25) is 5.90 Å². The van der Waals surface area contributed by atoms with Crippen LogP contribution >= 0.6 is 0 Å². The molecule has 1 aliphatic carbocycles. The van der Waals surface area contributed by atoms with E-state index in [1.54, 1.807) is 0 Å². The van der Waals surface area contributed by atoms with Gasteiger partial charge in [0.25, 0.3) is 0 Å². The van der Waals surface area contributed by atoms with Crippen molar-refractivity contribution >= 4 is 11.9 Å². The Kier molecular flexibility index (Phi) is 4.76. The molecule has 1 heterocycles. The number of hydrogen-bond donors (Lipinski definition) is 1. The molecule has 0 radical (unpaired) electrons. The minimum Gasteiger partial charge on any atom is -0.481 e. The first-order chi connectivity index (χ1) is 10.7. The van der Waals surface area contributed by atoms with Gasteiger partial charge in [-0.05, 0) is 24.5 Å². The minimum absolute atomic E-state index is 0.0191. The highest BCUT2D eigenvalue weighted by Gasteiger charge is 2.35. The number of carbonyl (C=O) groups is 1. The van der Waals surface area contributed by atoms with Gasteiger partial charge in [0, 0.05) is 5.56 Å². The first kappa shape index (κ1) is 15.1. The molecule has 1 N–H and O–H groups in total. The molecule has 1 saturated carbocycles. The third-order valence-corrected chi connectivity index (χ3v) is 4.67. The van der Waals surface area contributed by atoms with Crippen molar-refractivity contribution in [3.63, 3.8) is 0 Å². The summed E-state index contributed by atoms with van der Waals surface area (Å²) in [6.45, 7) is 0. The summed E-state index contributed by atoms with van der Waals surface area (Å²) in [4.78, 5) is 15.8. The number of rotatable bonds is 5. The average molecular weight is 301 g/mol. The van der Waals surface area contributed by atoms with Gasteiger partial charge in [0.05, 0.1) is 12.5 Å². The zero-order chi connectivity index (χ0) is 15.4. The molecule has 4 heteroatoms. The molecule has 0 spiro atoms. The summed E-state index contributed by atoms with van der Waals surface area (Å²) in [7, 11) is 0. The highest BCUT2D eigenvalue weighted by atomic mass is 16.5. The van der Waals surface area contributed by atoms with Crippen LogP contribution in [0.3, 0.4) is 0 Å². The van der Waals surface area contributed by atoms with Crippen LogP contribution in [0.1, 0.15) is 50.5 Å². The van der Waals surface area contributed by atoms with Crippen molar-refractivity contribution in [1.82, 2.24) is 0 Å². The lowest BCUT2D eigenvalue weighted by atomic mass is 9.83. The summed E-state index contributed by atoms with van der Waals surface area (Å²) in [5, 5.41) is 9.12. The zero-order valence-corrected chi connectivity index (χ0v) is 12.8. The second kappa shape index (κ2) is 6.95. The Morgan fingerprint density at radius 3 is 2.59 bits per heavy atom. The Labute approximate surface area is 131 Å². The summed E-state index contributed by atoms with van der Waals surface area (Å²) in [5.41, 5.74) is 0.934. The lowest BCUT2D eigenvalue weighted by molar-refractivity contribution is -0.139. The molecular weight excluding hydrogens is 278 g/mol. The number of nitrogens with zero attached hydrogens (tertiary/aromatic N) is 1. The minimum atomic E-state index is -0.817. The van der Waals surface area contributed by atoms with Crippen LogP contribution in [0.25, 0.3) is 0 Å². The van der Waals surface area contributed by atoms with Gasteiger partial charge in [0.1, 0.15) is 6.10 Å². The van der Waals surface area contributed by atoms with E-state index in [1.807, 2.05) is 30.3 Å². The van der Waals surface area contributed by atoms with E-state index in [0.29, 0.717) is 11.8 Å². The van der Waals surface area contributed by atoms with E-state index < -0.39 is 5.97 Å². The van der Waals surface area contributed by atoms with E-state index in [0.717, 1.165) is 12.0 Å². The van der Waals surface area contributed by atoms with Gasteiger partial charge in [-0.15, -0.1) is 0 Å². The van der Waals surface area contributed by atoms with Gasteiger partial charge in [-0.25, -0.2) is 4.99 Å². The van der Waals surface area contributed by atoms with Crippen LogP contribution in [0.4, 0.5) is 0 Å².